The summed E-state index contributed by atoms with van der Waals surface area (Å²) in [6, 6.07) is 8.64. The van der Waals surface area contributed by atoms with Crippen molar-refractivity contribution in [1.29, 1.82) is 0 Å². The van der Waals surface area contributed by atoms with Crippen molar-refractivity contribution in [3.8, 4) is 5.75 Å². The highest BCUT2D eigenvalue weighted by Crippen LogP contribution is 2.37. The van der Waals surface area contributed by atoms with E-state index >= 15 is 0 Å². The molecule has 142 valence electrons. The van der Waals surface area contributed by atoms with Crippen molar-refractivity contribution in [2.45, 2.75) is 0 Å². The zero-order valence-electron chi connectivity index (χ0n) is 13.7. The van der Waals surface area contributed by atoms with E-state index in [1.165, 1.54) is 0 Å². The van der Waals surface area contributed by atoms with Crippen molar-refractivity contribution < 1.29 is 19.7 Å². The number of thioether (sulfide) groups is 1. The van der Waals surface area contributed by atoms with Gasteiger partial charge in [-0.1, -0.05) is 22.0 Å². The lowest BCUT2D eigenvalue weighted by atomic mass is 10.1. The van der Waals surface area contributed by atoms with Gasteiger partial charge in [-0.25, -0.2) is 4.99 Å². The predicted octanol–water partition coefficient (Wildman–Crippen LogP) is 3.86. The van der Waals surface area contributed by atoms with E-state index in [9.17, 15) is 30.1 Å². The summed E-state index contributed by atoms with van der Waals surface area (Å²) in [5.74, 6) is -1.32. The Morgan fingerprint density at radius 1 is 1.18 bits per heavy atom. The third-order valence-corrected chi connectivity index (χ3v) is 4.89. The number of benzene rings is 2. The standard InChI is InChI=1S/C16H9BrN4O6S/c17-9-2-1-3-10(6-9)18-16-19-15(23)13(28-16)5-8-4-11(20(24)25)7-12(14(8)22)21(26)27/h1-7,22H,(H,18,19,23)/b13-5-. The van der Waals surface area contributed by atoms with Crippen molar-refractivity contribution in [3.05, 3.63) is 71.6 Å². The molecule has 0 aromatic heterocycles. The van der Waals surface area contributed by atoms with Gasteiger partial charge in [0.15, 0.2) is 5.17 Å². The molecule has 1 aliphatic rings. The number of phenols is 1. The topological polar surface area (TPSA) is 148 Å². The molecular formula is C16H9BrN4O6S. The summed E-state index contributed by atoms with van der Waals surface area (Å²) in [6.45, 7) is 0. The number of nitro benzene ring substituents is 2. The molecule has 1 fully saturated rings. The lowest BCUT2D eigenvalue weighted by molar-refractivity contribution is -0.394. The number of carbonyl (C=O) groups excluding carboxylic acids is 1. The second-order valence-corrected chi connectivity index (χ2v) is 7.32. The van der Waals surface area contributed by atoms with Crippen LogP contribution in [0.5, 0.6) is 5.75 Å². The third-order valence-electron chi connectivity index (χ3n) is 3.49. The van der Waals surface area contributed by atoms with Gasteiger partial charge in [0, 0.05) is 16.1 Å². The van der Waals surface area contributed by atoms with Gasteiger partial charge in [0.05, 0.1) is 26.5 Å². The van der Waals surface area contributed by atoms with Crippen LogP contribution in [0.1, 0.15) is 5.56 Å². The smallest absolute Gasteiger partial charge is 0.318 e. The fourth-order valence-electron chi connectivity index (χ4n) is 2.26. The predicted molar refractivity (Wildman–Crippen MR) is 106 cm³/mol. The normalized spacial score (nSPS) is 16.4. The van der Waals surface area contributed by atoms with E-state index in [2.05, 4.69) is 26.2 Å². The first-order chi connectivity index (χ1) is 13.2. The highest BCUT2D eigenvalue weighted by atomic mass is 79.9. The number of nitrogens with zero attached hydrogens (tertiary/aromatic N) is 3. The Morgan fingerprint density at radius 2 is 1.93 bits per heavy atom. The number of nitro groups is 2. The first-order valence-corrected chi connectivity index (χ1v) is 9.06. The van der Waals surface area contributed by atoms with Gasteiger partial charge in [0.25, 0.3) is 11.6 Å². The summed E-state index contributed by atoms with van der Waals surface area (Å²) >= 11 is 4.25. The molecule has 0 atom stereocenters. The van der Waals surface area contributed by atoms with Crippen LogP contribution in [0.4, 0.5) is 17.1 Å². The number of phenolic OH excluding ortho intramolecular Hbond substituents is 1. The van der Waals surface area contributed by atoms with Crippen LogP contribution in [0, 0.1) is 20.2 Å². The van der Waals surface area contributed by atoms with Crippen molar-refractivity contribution in [3.63, 3.8) is 0 Å². The highest BCUT2D eigenvalue weighted by Gasteiger charge is 2.27. The molecule has 28 heavy (non-hydrogen) atoms. The number of hydrogen-bond donors (Lipinski definition) is 2. The largest absolute Gasteiger partial charge is 0.502 e. The highest BCUT2D eigenvalue weighted by molar-refractivity contribution is 9.10. The molecule has 12 heteroatoms. The maximum absolute atomic E-state index is 12.2. The van der Waals surface area contributed by atoms with E-state index in [0.29, 0.717) is 11.8 Å². The van der Waals surface area contributed by atoms with Crippen LogP contribution in [0.25, 0.3) is 6.08 Å². The van der Waals surface area contributed by atoms with Crippen LogP contribution in [0.3, 0.4) is 0 Å². The third kappa shape index (κ3) is 4.18. The Morgan fingerprint density at radius 3 is 2.57 bits per heavy atom. The molecule has 0 aliphatic carbocycles. The van der Waals surface area contributed by atoms with Crippen molar-refractivity contribution in [1.82, 2.24) is 5.32 Å². The van der Waals surface area contributed by atoms with Gasteiger partial charge in [-0.3, -0.25) is 25.0 Å². The zero-order valence-corrected chi connectivity index (χ0v) is 16.1. The molecule has 2 aromatic carbocycles. The maximum Gasteiger partial charge on any atom is 0.318 e. The molecule has 3 rings (SSSR count). The molecule has 2 aromatic rings. The van der Waals surface area contributed by atoms with Crippen LogP contribution >= 0.6 is 27.7 Å². The second-order valence-electron chi connectivity index (χ2n) is 5.38. The lowest BCUT2D eigenvalue weighted by Gasteiger charge is -2.02. The van der Waals surface area contributed by atoms with Crippen LogP contribution in [0.15, 0.2) is 50.8 Å². The zero-order chi connectivity index (χ0) is 20.4. The Bertz CT molecular complexity index is 1080. The van der Waals surface area contributed by atoms with Gasteiger partial charge in [0.1, 0.15) is 0 Å². The molecule has 0 spiro atoms. The SMILES string of the molecule is O=C1NC(=Nc2cccc(Br)c2)S/C1=C\c1cc([N+](=O)[O-])cc([N+](=O)[O-])c1O. The molecule has 0 bridgehead atoms. The number of halogens is 1. The van der Waals surface area contributed by atoms with E-state index in [1.807, 2.05) is 6.07 Å². The van der Waals surface area contributed by atoms with Crippen LogP contribution < -0.4 is 5.32 Å². The minimum absolute atomic E-state index is 0.0684. The summed E-state index contributed by atoms with van der Waals surface area (Å²) in [4.78, 5) is 36.8. The van der Waals surface area contributed by atoms with Gasteiger partial charge in [-0.15, -0.1) is 0 Å². The number of amidine groups is 1. The molecular weight excluding hydrogens is 456 g/mol. The molecule has 1 aliphatic heterocycles. The number of aliphatic imine (C=N–C) groups is 1. The fraction of sp³-hybridized carbons (Fsp3) is 0. The van der Waals surface area contributed by atoms with Crippen molar-refractivity contribution in [2.24, 2.45) is 4.99 Å². The van der Waals surface area contributed by atoms with E-state index in [1.54, 1.807) is 18.2 Å². The first-order valence-electron chi connectivity index (χ1n) is 7.45. The maximum atomic E-state index is 12.2. The van der Waals surface area contributed by atoms with E-state index < -0.39 is 32.9 Å². The minimum atomic E-state index is -0.938. The Labute approximate surface area is 169 Å². The van der Waals surface area contributed by atoms with Gasteiger partial charge >= 0.3 is 5.69 Å². The van der Waals surface area contributed by atoms with Crippen molar-refractivity contribution >= 4 is 61.9 Å². The summed E-state index contributed by atoms with van der Waals surface area (Å²) < 4.78 is 0.799. The Balaban J connectivity index is 1.99. The molecule has 0 saturated carbocycles. The number of carbonyl (C=O) groups is 1. The molecule has 0 radical (unpaired) electrons. The summed E-state index contributed by atoms with van der Waals surface area (Å²) in [6.07, 6.45) is 1.14. The number of non-ortho nitro benzene ring substituents is 1. The summed E-state index contributed by atoms with van der Waals surface area (Å²) in [5, 5.41) is 34.9. The fourth-order valence-corrected chi connectivity index (χ4v) is 3.48. The summed E-state index contributed by atoms with van der Waals surface area (Å²) in [5.41, 5.74) is -1.05. The van der Waals surface area contributed by atoms with Crippen LogP contribution in [0.2, 0.25) is 0 Å². The average molecular weight is 465 g/mol. The second kappa shape index (κ2) is 7.78. The Kier molecular flexibility index (Phi) is 5.42. The number of rotatable bonds is 4. The quantitative estimate of drug-likeness (QED) is 0.396. The lowest BCUT2D eigenvalue weighted by Crippen LogP contribution is -2.19. The minimum Gasteiger partial charge on any atom is -0.502 e. The number of amides is 1. The van der Waals surface area contributed by atoms with Gasteiger partial charge in [-0.2, -0.15) is 0 Å². The molecule has 1 amide bonds. The monoisotopic (exact) mass is 464 g/mol. The molecule has 2 N–H and O–H groups in total. The average Bonchev–Trinajstić information content (AvgIpc) is 2.95. The van der Waals surface area contributed by atoms with Gasteiger partial charge < -0.3 is 10.4 Å². The van der Waals surface area contributed by atoms with Crippen molar-refractivity contribution in [2.75, 3.05) is 0 Å². The molecule has 1 saturated heterocycles. The summed E-state index contributed by atoms with van der Waals surface area (Å²) in [7, 11) is 0. The first kappa shape index (κ1) is 19.5. The van der Waals surface area contributed by atoms with Crippen LogP contribution in [-0.4, -0.2) is 26.0 Å². The van der Waals surface area contributed by atoms with E-state index in [4.69, 9.17) is 0 Å². The molecule has 1 heterocycles. The molecule has 0 unspecified atom stereocenters. The van der Waals surface area contributed by atoms with Gasteiger partial charge in [-0.05, 0) is 36.0 Å². The number of aromatic hydroxyl groups is 1. The van der Waals surface area contributed by atoms with E-state index in [-0.39, 0.29) is 15.6 Å². The number of nitrogens with one attached hydrogen (secondary N) is 1. The Hall–Kier alpha value is -3.25. The molecule has 10 nitrogen and oxygen atoms in total. The van der Waals surface area contributed by atoms with E-state index in [0.717, 1.165) is 28.4 Å². The van der Waals surface area contributed by atoms with Crippen LogP contribution in [-0.2, 0) is 4.79 Å². The number of hydrogen-bond acceptors (Lipinski definition) is 8. The van der Waals surface area contributed by atoms with Gasteiger partial charge in [0.2, 0.25) is 5.75 Å².